The molecule has 1 aromatic heterocycles. The Morgan fingerprint density at radius 1 is 1.42 bits per heavy atom. The predicted molar refractivity (Wildman–Crippen MR) is 99.8 cm³/mol. The van der Waals surface area contributed by atoms with Gasteiger partial charge in [0.1, 0.15) is 11.3 Å². The van der Waals surface area contributed by atoms with E-state index < -0.39 is 17.1 Å². The third-order valence-electron chi connectivity index (χ3n) is 4.03. The number of rotatable bonds is 7. The van der Waals surface area contributed by atoms with E-state index in [1.54, 1.807) is 31.4 Å². The first kappa shape index (κ1) is 19.1. The molecule has 1 fully saturated rings. The molecule has 1 aromatic carbocycles. The van der Waals surface area contributed by atoms with E-state index in [1.807, 2.05) is 0 Å². The van der Waals surface area contributed by atoms with Crippen LogP contribution < -0.4 is 0 Å². The fraction of sp³-hybridized carbons (Fsp3) is 0.389. The molecule has 0 radical (unpaired) electrons. The average Bonchev–Trinajstić information content (AvgIpc) is 3.32. The average molecular weight is 440 g/mol. The summed E-state index contributed by atoms with van der Waals surface area (Å²) in [5, 5.41) is 3.81. The molecular weight excluding hydrogens is 422 g/mol. The summed E-state index contributed by atoms with van der Waals surface area (Å²) in [7, 11) is 0. The zero-order chi connectivity index (χ0) is 18.8. The maximum Gasteiger partial charge on any atom is 0.361 e. The highest BCUT2D eigenvalue weighted by atomic mass is 79.9. The number of ether oxygens (including phenoxy) is 1. The molecule has 6 nitrogen and oxygen atoms in total. The molecule has 0 N–H and O–H groups in total. The van der Waals surface area contributed by atoms with Gasteiger partial charge in [-0.05, 0) is 38.0 Å². The van der Waals surface area contributed by atoms with Crippen LogP contribution in [0.2, 0.25) is 0 Å². The molecule has 1 unspecified atom stereocenters. The van der Waals surface area contributed by atoms with Gasteiger partial charge in [-0.15, -0.1) is 0 Å². The highest BCUT2D eigenvalue weighted by Crippen LogP contribution is 2.43. The van der Waals surface area contributed by atoms with E-state index in [4.69, 9.17) is 9.26 Å². The molecule has 1 aliphatic carbocycles. The molecule has 0 bridgehead atoms. The fourth-order valence-corrected chi connectivity index (χ4v) is 3.83. The molecule has 0 aliphatic heterocycles. The van der Waals surface area contributed by atoms with Gasteiger partial charge in [0.2, 0.25) is 5.69 Å². The van der Waals surface area contributed by atoms with Gasteiger partial charge in [0.05, 0.1) is 12.9 Å². The monoisotopic (exact) mass is 439 g/mol. The standard InChI is InChI=1S/C18H18BrNO5S/c1-3-24-18(22)15-14(17(25-20-15)10-4-5-10)16(21)13-7-6-12(19)8-11(13)9-26(2)23/h6-8,10H,3-5,9H2,1-2H3. The van der Waals surface area contributed by atoms with Crippen molar-refractivity contribution >= 4 is 38.9 Å². The molecule has 3 rings (SSSR count). The molecule has 138 valence electrons. The van der Waals surface area contributed by atoms with Gasteiger partial charge in [-0.2, -0.15) is 0 Å². The summed E-state index contributed by atoms with van der Waals surface area (Å²) in [5.41, 5.74) is 1.10. The van der Waals surface area contributed by atoms with E-state index in [0.717, 1.165) is 17.3 Å². The first-order valence-corrected chi connectivity index (χ1v) is 10.7. The lowest BCUT2D eigenvalue weighted by atomic mass is 9.96. The minimum atomic E-state index is -1.12. The van der Waals surface area contributed by atoms with Gasteiger partial charge in [0, 0.05) is 21.5 Å². The lowest BCUT2D eigenvalue weighted by Crippen LogP contribution is -2.15. The van der Waals surface area contributed by atoms with Crippen LogP contribution in [0.15, 0.2) is 27.2 Å². The van der Waals surface area contributed by atoms with E-state index in [1.165, 1.54) is 0 Å². The first-order chi connectivity index (χ1) is 12.4. The normalized spacial score (nSPS) is 14.9. The van der Waals surface area contributed by atoms with Gasteiger partial charge in [0.15, 0.2) is 11.5 Å². The Balaban J connectivity index is 2.07. The summed E-state index contributed by atoms with van der Waals surface area (Å²) in [6, 6.07) is 5.17. The SMILES string of the molecule is CCOC(=O)c1noc(C2CC2)c1C(=O)c1ccc(Br)cc1C[S+](C)[O-]. The summed E-state index contributed by atoms with van der Waals surface area (Å²) in [6.45, 7) is 1.86. The van der Waals surface area contributed by atoms with Crippen molar-refractivity contribution < 1.29 is 23.4 Å². The second kappa shape index (κ2) is 7.94. The van der Waals surface area contributed by atoms with Gasteiger partial charge in [-0.3, -0.25) is 4.79 Å². The molecule has 8 heteroatoms. The highest BCUT2D eigenvalue weighted by Gasteiger charge is 2.38. The number of hydrogen-bond acceptors (Lipinski definition) is 6. The van der Waals surface area contributed by atoms with Crippen LogP contribution in [-0.2, 0) is 21.7 Å². The second-order valence-corrected chi connectivity index (χ2v) is 8.46. The van der Waals surface area contributed by atoms with Crippen molar-refractivity contribution in [1.29, 1.82) is 0 Å². The Morgan fingerprint density at radius 2 is 2.15 bits per heavy atom. The van der Waals surface area contributed by atoms with Crippen LogP contribution in [0.3, 0.4) is 0 Å². The summed E-state index contributed by atoms with van der Waals surface area (Å²) in [6.07, 6.45) is 3.36. The van der Waals surface area contributed by atoms with E-state index >= 15 is 0 Å². The van der Waals surface area contributed by atoms with Crippen molar-refractivity contribution in [1.82, 2.24) is 5.16 Å². The quantitative estimate of drug-likeness (QED) is 0.371. The lowest BCUT2D eigenvalue weighted by molar-refractivity contribution is 0.0512. The maximum atomic E-state index is 13.3. The van der Waals surface area contributed by atoms with Gasteiger partial charge in [0.25, 0.3) is 0 Å². The summed E-state index contributed by atoms with van der Waals surface area (Å²) in [5.74, 6) is -0.263. The third kappa shape index (κ3) is 4.02. The number of aromatic nitrogens is 1. The number of halogens is 1. The molecular formula is C18H18BrNO5S. The number of carbonyl (C=O) groups is 2. The summed E-state index contributed by atoms with van der Waals surface area (Å²) in [4.78, 5) is 25.5. The number of esters is 1. The van der Waals surface area contributed by atoms with Crippen LogP contribution in [0.5, 0.6) is 0 Å². The molecule has 0 saturated heterocycles. The minimum absolute atomic E-state index is 0.0924. The van der Waals surface area contributed by atoms with E-state index in [-0.39, 0.29) is 35.3 Å². The number of benzene rings is 1. The van der Waals surface area contributed by atoms with Gasteiger partial charge in [-0.25, -0.2) is 4.79 Å². The van der Waals surface area contributed by atoms with Crippen molar-refractivity contribution in [3.63, 3.8) is 0 Å². The topological polar surface area (TPSA) is 92.5 Å². The van der Waals surface area contributed by atoms with Gasteiger partial charge in [-0.1, -0.05) is 32.3 Å². The van der Waals surface area contributed by atoms with E-state index in [0.29, 0.717) is 16.9 Å². The zero-order valence-corrected chi connectivity index (χ0v) is 16.8. The Bertz CT molecular complexity index is 844. The molecule has 1 atom stereocenters. The molecule has 26 heavy (non-hydrogen) atoms. The smallest absolute Gasteiger partial charge is 0.361 e. The largest absolute Gasteiger partial charge is 0.616 e. The van der Waals surface area contributed by atoms with Crippen LogP contribution in [-0.4, -0.2) is 34.3 Å². The summed E-state index contributed by atoms with van der Waals surface area (Å²) >= 11 is 2.25. The van der Waals surface area contributed by atoms with Crippen molar-refractivity contribution in [3.8, 4) is 0 Å². The Hall–Kier alpha value is -1.64. The molecule has 1 saturated carbocycles. The van der Waals surface area contributed by atoms with E-state index in [9.17, 15) is 14.1 Å². The van der Waals surface area contributed by atoms with Gasteiger partial charge >= 0.3 is 5.97 Å². The lowest BCUT2D eigenvalue weighted by Gasteiger charge is -2.11. The number of hydrogen-bond donors (Lipinski definition) is 0. The minimum Gasteiger partial charge on any atom is -0.616 e. The van der Waals surface area contributed by atoms with E-state index in [2.05, 4.69) is 21.1 Å². The first-order valence-electron chi connectivity index (χ1n) is 8.22. The maximum absolute atomic E-state index is 13.3. The van der Waals surface area contributed by atoms with Gasteiger partial charge < -0.3 is 13.8 Å². The highest BCUT2D eigenvalue weighted by molar-refractivity contribution is 9.10. The van der Waals surface area contributed by atoms with Crippen molar-refractivity contribution in [3.05, 3.63) is 50.8 Å². The van der Waals surface area contributed by atoms with Crippen LogP contribution in [0.25, 0.3) is 0 Å². The van der Waals surface area contributed by atoms with Crippen LogP contribution >= 0.6 is 15.9 Å². The predicted octanol–water partition coefficient (Wildman–Crippen LogP) is 3.60. The number of ketones is 1. The Labute approximate surface area is 162 Å². The van der Waals surface area contributed by atoms with Crippen LogP contribution in [0.1, 0.15) is 63.4 Å². The summed E-state index contributed by atoms with van der Waals surface area (Å²) < 4.78 is 22.8. The molecule has 1 aliphatic rings. The Kier molecular flexibility index (Phi) is 5.84. The van der Waals surface area contributed by atoms with Crippen LogP contribution in [0, 0.1) is 0 Å². The van der Waals surface area contributed by atoms with Crippen molar-refractivity contribution in [2.75, 3.05) is 12.9 Å². The van der Waals surface area contributed by atoms with Crippen LogP contribution in [0.4, 0.5) is 0 Å². The molecule has 2 aromatic rings. The number of nitrogens with zero attached hydrogens (tertiary/aromatic N) is 1. The second-order valence-electron chi connectivity index (χ2n) is 6.11. The molecule has 1 heterocycles. The zero-order valence-electron chi connectivity index (χ0n) is 14.4. The fourth-order valence-electron chi connectivity index (χ4n) is 2.74. The third-order valence-corrected chi connectivity index (χ3v) is 5.24. The molecule has 0 amide bonds. The van der Waals surface area contributed by atoms with Crippen molar-refractivity contribution in [2.45, 2.75) is 31.4 Å². The Morgan fingerprint density at radius 3 is 2.77 bits per heavy atom. The molecule has 0 spiro atoms. The van der Waals surface area contributed by atoms with Crippen molar-refractivity contribution in [2.24, 2.45) is 0 Å². The number of carbonyl (C=O) groups excluding carboxylic acids is 2.